The van der Waals surface area contributed by atoms with Gasteiger partial charge in [-0.2, -0.15) is 0 Å². The summed E-state index contributed by atoms with van der Waals surface area (Å²) >= 11 is 0. The average Bonchev–Trinajstić information content (AvgIpc) is 2.43. The Hall–Kier alpha value is -2.35. The molecule has 0 saturated heterocycles. The third kappa shape index (κ3) is 3.22. The minimum absolute atomic E-state index is 0.0651. The average molecular weight is 314 g/mol. The second-order valence-electron chi connectivity index (χ2n) is 4.14. The Morgan fingerprint density at radius 2 is 1.86 bits per heavy atom. The molecule has 2 aromatic rings. The molecule has 0 bridgehead atoms. The van der Waals surface area contributed by atoms with Crippen molar-refractivity contribution in [3.05, 3.63) is 48.0 Å². The van der Waals surface area contributed by atoms with Crippen molar-refractivity contribution in [2.24, 2.45) is 0 Å². The Morgan fingerprint density at radius 1 is 1.14 bits per heavy atom. The number of nitrogens with two attached hydrogens (primary N) is 1. The summed E-state index contributed by atoms with van der Waals surface area (Å²) in [7, 11) is -2.97. The molecule has 0 amide bonds. The summed E-state index contributed by atoms with van der Waals surface area (Å²) < 4.78 is 58.1. The largest absolute Gasteiger partial charge is 0.494 e. The summed E-state index contributed by atoms with van der Waals surface area (Å²) in [6.45, 7) is 0. The number of anilines is 2. The van der Waals surface area contributed by atoms with Crippen LogP contribution in [0.5, 0.6) is 5.75 Å². The van der Waals surface area contributed by atoms with Crippen molar-refractivity contribution < 1.29 is 21.9 Å². The van der Waals surface area contributed by atoms with Crippen LogP contribution >= 0.6 is 0 Å². The minimum atomic E-state index is -4.30. The lowest BCUT2D eigenvalue weighted by Crippen LogP contribution is -2.15. The molecule has 0 aromatic heterocycles. The molecule has 2 aromatic carbocycles. The van der Waals surface area contributed by atoms with Crippen molar-refractivity contribution in [2.45, 2.75) is 4.90 Å². The Kier molecular flexibility index (Phi) is 3.99. The van der Waals surface area contributed by atoms with Crippen LogP contribution < -0.4 is 15.2 Å². The van der Waals surface area contributed by atoms with E-state index in [-0.39, 0.29) is 11.4 Å². The molecule has 0 aliphatic rings. The van der Waals surface area contributed by atoms with E-state index < -0.39 is 26.6 Å². The molecular weight excluding hydrogens is 302 g/mol. The van der Waals surface area contributed by atoms with E-state index in [1.165, 1.54) is 25.3 Å². The number of hydrogen-bond donors (Lipinski definition) is 2. The van der Waals surface area contributed by atoms with Gasteiger partial charge in [-0.1, -0.05) is 0 Å². The molecular formula is C13H12F2N2O3S. The standard InChI is InChI=1S/C13H12F2N2O3S/c1-20-12-7-9(16)3-5-11(12)17-21(18,19)13-6-8(14)2-4-10(13)15/h2-7,17H,16H2,1H3. The smallest absolute Gasteiger partial charge is 0.265 e. The molecule has 0 radical (unpaired) electrons. The van der Waals surface area contributed by atoms with Gasteiger partial charge >= 0.3 is 0 Å². The van der Waals surface area contributed by atoms with Crippen LogP contribution in [0, 0.1) is 11.6 Å². The topological polar surface area (TPSA) is 81.4 Å². The number of ether oxygens (including phenoxy) is 1. The highest BCUT2D eigenvalue weighted by molar-refractivity contribution is 7.92. The molecule has 0 atom stereocenters. The first-order chi connectivity index (χ1) is 9.83. The van der Waals surface area contributed by atoms with Gasteiger partial charge in [0.1, 0.15) is 22.3 Å². The molecule has 0 fully saturated rings. The summed E-state index contributed by atoms with van der Waals surface area (Å²) in [5.41, 5.74) is 5.99. The number of nitrogen functional groups attached to an aromatic ring is 1. The van der Waals surface area contributed by atoms with Crippen LogP contribution in [-0.4, -0.2) is 15.5 Å². The molecule has 2 rings (SSSR count). The zero-order valence-corrected chi connectivity index (χ0v) is 11.7. The maximum Gasteiger partial charge on any atom is 0.265 e. The highest BCUT2D eigenvalue weighted by Crippen LogP contribution is 2.29. The van der Waals surface area contributed by atoms with Crippen LogP contribution in [0.3, 0.4) is 0 Å². The molecule has 3 N–H and O–H groups in total. The van der Waals surface area contributed by atoms with Gasteiger partial charge in [0.05, 0.1) is 12.8 Å². The van der Waals surface area contributed by atoms with Crippen LogP contribution in [0.2, 0.25) is 0 Å². The molecule has 0 heterocycles. The molecule has 0 unspecified atom stereocenters. The number of hydrogen-bond acceptors (Lipinski definition) is 4. The second-order valence-corrected chi connectivity index (χ2v) is 5.79. The quantitative estimate of drug-likeness (QED) is 0.849. The molecule has 0 saturated carbocycles. The molecule has 112 valence electrons. The second kappa shape index (κ2) is 5.57. The van der Waals surface area contributed by atoms with Gasteiger partial charge < -0.3 is 10.5 Å². The first-order valence-corrected chi connectivity index (χ1v) is 7.23. The van der Waals surface area contributed by atoms with Gasteiger partial charge in [0, 0.05) is 11.8 Å². The molecule has 0 aliphatic heterocycles. The molecule has 21 heavy (non-hydrogen) atoms. The lowest BCUT2D eigenvalue weighted by atomic mass is 10.2. The van der Waals surface area contributed by atoms with Crippen molar-refractivity contribution in [2.75, 3.05) is 17.6 Å². The predicted molar refractivity (Wildman–Crippen MR) is 74.6 cm³/mol. The fourth-order valence-electron chi connectivity index (χ4n) is 1.67. The highest BCUT2D eigenvalue weighted by Gasteiger charge is 2.21. The van der Waals surface area contributed by atoms with E-state index in [9.17, 15) is 17.2 Å². The normalized spacial score (nSPS) is 11.2. The fourth-order valence-corrected chi connectivity index (χ4v) is 2.84. The molecule has 5 nitrogen and oxygen atoms in total. The lowest BCUT2D eigenvalue weighted by Gasteiger charge is -2.12. The predicted octanol–water partition coefficient (Wildman–Crippen LogP) is 2.36. The molecule has 8 heteroatoms. The van der Waals surface area contributed by atoms with E-state index in [1.54, 1.807) is 0 Å². The number of methoxy groups -OCH3 is 1. The maximum atomic E-state index is 13.6. The summed E-state index contributed by atoms with van der Waals surface area (Å²) in [4.78, 5) is -0.790. The maximum absolute atomic E-state index is 13.6. The first-order valence-electron chi connectivity index (χ1n) is 5.75. The number of benzene rings is 2. The van der Waals surface area contributed by atoms with Crippen LogP contribution in [0.4, 0.5) is 20.2 Å². The van der Waals surface area contributed by atoms with E-state index in [2.05, 4.69) is 4.72 Å². The Balaban J connectivity index is 2.45. The van der Waals surface area contributed by atoms with Gasteiger partial charge in [-0.15, -0.1) is 0 Å². The lowest BCUT2D eigenvalue weighted by molar-refractivity contribution is 0.417. The van der Waals surface area contributed by atoms with Gasteiger partial charge in [0.25, 0.3) is 10.0 Å². The first kappa shape index (κ1) is 15.0. The third-order valence-electron chi connectivity index (χ3n) is 2.65. The van der Waals surface area contributed by atoms with Crippen molar-refractivity contribution in [1.82, 2.24) is 0 Å². The van der Waals surface area contributed by atoms with E-state index in [4.69, 9.17) is 10.5 Å². The van der Waals surface area contributed by atoms with Gasteiger partial charge in [-0.05, 0) is 30.3 Å². The number of rotatable bonds is 4. The van der Waals surface area contributed by atoms with Crippen LogP contribution in [0.1, 0.15) is 0 Å². The zero-order chi connectivity index (χ0) is 15.6. The zero-order valence-electron chi connectivity index (χ0n) is 10.9. The SMILES string of the molecule is COc1cc(N)ccc1NS(=O)(=O)c1cc(F)ccc1F. The van der Waals surface area contributed by atoms with Gasteiger partial charge in [0.2, 0.25) is 0 Å². The summed E-state index contributed by atoms with van der Waals surface area (Å²) in [5.74, 6) is -1.75. The summed E-state index contributed by atoms with van der Waals surface area (Å²) in [6.07, 6.45) is 0. The molecule has 0 spiro atoms. The number of halogens is 2. The van der Waals surface area contributed by atoms with Crippen molar-refractivity contribution in [3.63, 3.8) is 0 Å². The summed E-state index contributed by atoms with van der Waals surface area (Å²) in [6, 6.07) is 6.38. The van der Waals surface area contributed by atoms with Gasteiger partial charge in [0.15, 0.2) is 0 Å². The van der Waals surface area contributed by atoms with Crippen LogP contribution in [-0.2, 0) is 10.0 Å². The Morgan fingerprint density at radius 3 is 2.52 bits per heavy atom. The fraction of sp³-hybridized carbons (Fsp3) is 0.0769. The van der Waals surface area contributed by atoms with Crippen molar-refractivity contribution in [3.8, 4) is 5.75 Å². The van der Waals surface area contributed by atoms with E-state index in [1.807, 2.05) is 0 Å². The van der Waals surface area contributed by atoms with Crippen LogP contribution in [0.25, 0.3) is 0 Å². The Bertz CT molecular complexity index is 779. The highest BCUT2D eigenvalue weighted by atomic mass is 32.2. The van der Waals surface area contributed by atoms with Crippen molar-refractivity contribution >= 4 is 21.4 Å². The Labute approximate surface area is 120 Å². The monoisotopic (exact) mass is 314 g/mol. The summed E-state index contributed by atoms with van der Waals surface area (Å²) in [5, 5.41) is 0. The number of nitrogens with one attached hydrogen (secondary N) is 1. The molecule has 0 aliphatic carbocycles. The van der Waals surface area contributed by atoms with E-state index in [0.29, 0.717) is 11.8 Å². The van der Waals surface area contributed by atoms with E-state index >= 15 is 0 Å². The number of sulfonamides is 1. The van der Waals surface area contributed by atoms with E-state index in [0.717, 1.165) is 12.1 Å². The van der Waals surface area contributed by atoms with Gasteiger partial charge in [-0.25, -0.2) is 17.2 Å². The minimum Gasteiger partial charge on any atom is -0.494 e. The van der Waals surface area contributed by atoms with Crippen molar-refractivity contribution in [1.29, 1.82) is 0 Å². The third-order valence-corrected chi connectivity index (χ3v) is 4.03. The van der Waals surface area contributed by atoms with Gasteiger partial charge in [-0.3, -0.25) is 4.72 Å². The van der Waals surface area contributed by atoms with Crippen LogP contribution in [0.15, 0.2) is 41.3 Å².